The maximum atomic E-state index is 12.7. The van der Waals surface area contributed by atoms with Crippen LogP contribution in [0.2, 0.25) is 0 Å². The molecule has 1 aliphatic carbocycles. The summed E-state index contributed by atoms with van der Waals surface area (Å²) in [6, 6.07) is 4.70. The van der Waals surface area contributed by atoms with Crippen LogP contribution in [0.5, 0.6) is 0 Å². The van der Waals surface area contributed by atoms with Crippen molar-refractivity contribution in [1.82, 2.24) is 14.5 Å². The van der Waals surface area contributed by atoms with Crippen molar-refractivity contribution in [3.05, 3.63) is 47.3 Å². The van der Waals surface area contributed by atoms with Gasteiger partial charge in [0.2, 0.25) is 10.0 Å². The normalized spacial score (nSPS) is 14.2. The molecule has 0 spiro atoms. The fourth-order valence-corrected chi connectivity index (χ4v) is 4.56. The molecule has 1 aromatic heterocycles. The van der Waals surface area contributed by atoms with Gasteiger partial charge in [-0.1, -0.05) is 0 Å². The highest BCUT2D eigenvalue weighted by molar-refractivity contribution is 7.89. The SMILES string of the molecule is O=C(O)c1cc2c(c(S(=O)(=O)NCCCn3cccn3)c1)CCCC2. The third kappa shape index (κ3) is 4.08. The second kappa shape index (κ2) is 7.37. The fourth-order valence-electron chi connectivity index (χ4n) is 3.15. The first-order valence-electron chi connectivity index (χ1n) is 8.33. The minimum absolute atomic E-state index is 0.0255. The van der Waals surface area contributed by atoms with Gasteiger partial charge in [-0.2, -0.15) is 5.10 Å². The zero-order valence-corrected chi connectivity index (χ0v) is 14.6. The van der Waals surface area contributed by atoms with Gasteiger partial charge in [0.15, 0.2) is 0 Å². The Morgan fingerprint density at radius 2 is 2.08 bits per heavy atom. The van der Waals surface area contributed by atoms with Crippen LogP contribution < -0.4 is 4.72 Å². The first kappa shape index (κ1) is 17.6. The lowest BCUT2D eigenvalue weighted by atomic mass is 9.90. The Balaban J connectivity index is 1.78. The quantitative estimate of drug-likeness (QED) is 0.731. The zero-order chi connectivity index (χ0) is 17.9. The lowest BCUT2D eigenvalue weighted by Crippen LogP contribution is -2.28. The molecule has 7 nitrogen and oxygen atoms in total. The van der Waals surface area contributed by atoms with Crippen LogP contribution in [0.1, 0.15) is 40.7 Å². The highest BCUT2D eigenvalue weighted by Crippen LogP contribution is 2.29. The van der Waals surface area contributed by atoms with Crippen molar-refractivity contribution < 1.29 is 18.3 Å². The number of rotatable bonds is 7. The summed E-state index contributed by atoms with van der Waals surface area (Å²) >= 11 is 0. The maximum absolute atomic E-state index is 12.7. The molecule has 1 heterocycles. The van der Waals surface area contributed by atoms with Gasteiger partial charge in [0.05, 0.1) is 10.5 Å². The van der Waals surface area contributed by atoms with Crippen molar-refractivity contribution >= 4 is 16.0 Å². The van der Waals surface area contributed by atoms with Gasteiger partial charge in [-0.05, 0) is 61.4 Å². The highest BCUT2D eigenvalue weighted by atomic mass is 32.2. The monoisotopic (exact) mass is 363 g/mol. The van der Waals surface area contributed by atoms with E-state index in [0.29, 0.717) is 19.4 Å². The molecule has 0 aliphatic heterocycles. The Bertz CT molecular complexity index is 860. The van der Waals surface area contributed by atoms with Gasteiger partial charge in [-0.15, -0.1) is 0 Å². The molecule has 0 unspecified atom stereocenters. The molecular weight excluding hydrogens is 342 g/mol. The average Bonchev–Trinajstić information content (AvgIpc) is 3.11. The lowest BCUT2D eigenvalue weighted by molar-refractivity contribution is 0.0696. The summed E-state index contributed by atoms with van der Waals surface area (Å²) < 4.78 is 29.8. The Morgan fingerprint density at radius 1 is 1.28 bits per heavy atom. The van der Waals surface area contributed by atoms with Crippen LogP contribution in [-0.2, 0) is 29.4 Å². The molecule has 3 rings (SSSR count). The van der Waals surface area contributed by atoms with E-state index in [9.17, 15) is 18.3 Å². The molecule has 0 atom stereocenters. The van der Waals surface area contributed by atoms with Gasteiger partial charge in [-0.3, -0.25) is 4.68 Å². The molecule has 25 heavy (non-hydrogen) atoms. The molecule has 134 valence electrons. The Hall–Kier alpha value is -2.19. The molecule has 0 radical (unpaired) electrons. The number of carboxylic acids is 1. The molecule has 1 aromatic carbocycles. The fraction of sp³-hybridized carbons (Fsp3) is 0.412. The second-order valence-corrected chi connectivity index (χ2v) is 7.88. The van der Waals surface area contributed by atoms with Gasteiger partial charge in [-0.25, -0.2) is 17.9 Å². The summed E-state index contributed by atoms with van der Waals surface area (Å²) in [7, 11) is -3.74. The third-order valence-electron chi connectivity index (χ3n) is 4.38. The molecule has 0 bridgehead atoms. The standard InChI is InChI=1S/C17H21N3O4S/c21-17(22)14-11-13-5-1-2-6-15(13)16(12-14)25(23,24)19-8-4-10-20-9-3-7-18-20/h3,7,9,11-12,19H,1-2,4-6,8,10H2,(H,21,22). The van der Waals surface area contributed by atoms with Crippen molar-refractivity contribution in [3.63, 3.8) is 0 Å². The Labute approximate surface area is 146 Å². The number of benzene rings is 1. The molecule has 8 heteroatoms. The van der Waals surface area contributed by atoms with E-state index in [2.05, 4.69) is 9.82 Å². The zero-order valence-electron chi connectivity index (χ0n) is 13.8. The number of nitrogens with one attached hydrogen (secondary N) is 1. The van der Waals surface area contributed by atoms with Crippen LogP contribution in [0.15, 0.2) is 35.5 Å². The number of hydrogen-bond acceptors (Lipinski definition) is 4. The number of aromatic nitrogens is 2. The minimum Gasteiger partial charge on any atom is -0.478 e. The van der Waals surface area contributed by atoms with Gasteiger partial charge < -0.3 is 5.11 Å². The van der Waals surface area contributed by atoms with Crippen LogP contribution in [0.25, 0.3) is 0 Å². The van der Waals surface area contributed by atoms with Crippen LogP contribution in [0.4, 0.5) is 0 Å². The first-order valence-corrected chi connectivity index (χ1v) is 9.82. The largest absolute Gasteiger partial charge is 0.478 e. The molecule has 2 aromatic rings. The van der Waals surface area contributed by atoms with Crippen molar-refractivity contribution in [1.29, 1.82) is 0 Å². The number of sulfonamides is 1. The van der Waals surface area contributed by atoms with E-state index in [1.165, 1.54) is 6.07 Å². The van der Waals surface area contributed by atoms with Crippen molar-refractivity contribution in [2.75, 3.05) is 6.54 Å². The molecule has 0 amide bonds. The van der Waals surface area contributed by atoms with Crippen molar-refractivity contribution in [2.45, 2.75) is 43.5 Å². The third-order valence-corrected chi connectivity index (χ3v) is 5.90. The summed E-state index contributed by atoms with van der Waals surface area (Å²) in [4.78, 5) is 11.4. The van der Waals surface area contributed by atoms with Crippen LogP contribution in [0.3, 0.4) is 0 Å². The summed E-state index contributed by atoms with van der Waals surface area (Å²) in [6.45, 7) is 0.886. The van der Waals surface area contributed by atoms with Crippen LogP contribution in [-0.4, -0.2) is 35.8 Å². The van der Waals surface area contributed by atoms with E-state index < -0.39 is 16.0 Å². The number of aryl methyl sites for hydroxylation is 2. The smallest absolute Gasteiger partial charge is 0.335 e. The van der Waals surface area contributed by atoms with Gasteiger partial charge in [0, 0.05) is 25.5 Å². The summed E-state index contributed by atoms with van der Waals surface area (Å²) in [6.07, 6.45) is 7.35. The van der Waals surface area contributed by atoms with E-state index >= 15 is 0 Å². The summed E-state index contributed by atoms with van der Waals surface area (Å²) in [5.41, 5.74) is 1.62. The van der Waals surface area contributed by atoms with Crippen LogP contribution in [0, 0.1) is 0 Å². The predicted octanol–water partition coefficient (Wildman–Crippen LogP) is 1.83. The number of hydrogen-bond donors (Lipinski definition) is 2. The first-order chi connectivity index (χ1) is 12.0. The topological polar surface area (TPSA) is 101 Å². The number of carbonyl (C=O) groups is 1. The molecule has 0 fully saturated rings. The number of aromatic carboxylic acids is 1. The lowest BCUT2D eigenvalue weighted by Gasteiger charge is -2.20. The molecule has 1 aliphatic rings. The van der Waals surface area contributed by atoms with Crippen molar-refractivity contribution in [2.24, 2.45) is 0 Å². The van der Waals surface area contributed by atoms with E-state index in [1.54, 1.807) is 16.9 Å². The number of fused-ring (bicyclic) bond motifs is 1. The molecule has 0 saturated carbocycles. The second-order valence-electron chi connectivity index (χ2n) is 6.14. The summed E-state index contributed by atoms with van der Waals surface area (Å²) in [5, 5.41) is 13.3. The maximum Gasteiger partial charge on any atom is 0.335 e. The highest BCUT2D eigenvalue weighted by Gasteiger charge is 2.24. The molecule has 2 N–H and O–H groups in total. The predicted molar refractivity (Wildman–Crippen MR) is 92.1 cm³/mol. The van der Waals surface area contributed by atoms with E-state index in [1.807, 2.05) is 12.3 Å². The van der Waals surface area contributed by atoms with E-state index in [4.69, 9.17) is 0 Å². The summed E-state index contributed by atoms with van der Waals surface area (Å²) in [5.74, 6) is -1.11. The molecular formula is C17H21N3O4S. The Kier molecular flexibility index (Phi) is 5.19. The van der Waals surface area contributed by atoms with Gasteiger partial charge in [0.1, 0.15) is 0 Å². The molecule has 0 saturated heterocycles. The van der Waals surface area contributed by atoms with Gasteiger partial charge in [0.25, 0.3) is 0 Å². The minimum atomic E-state index is -3.74. The Morgan fingerprint density at radius 3 is 2.80 bits per heavy atom. The number of nitrogens with zero attached hydrogens (tertiary/aromatic N) is 2. The van der Waals surface area contributed by atoms with Crippen LogP contribution >= 0.6 is 0 Å². The van der Waals surface area contributed by atoms with E-state index in [-0.39, 0.29) is 17.0 Å². The van der Waals surface area contributed by atoms with E-state index in [0.717, 1.165) is 30.4 Å². The number of carboxylic acid groups (broad SMARTS) is 1. The van der Waals surface area contributed by atoms with Crippen molar-refractivity contribution in [3.8, 4) is 0 Å². The average molecular weight is 363 g/mol. The van der Waals surface area contributed by atoms with Gasteiger partial charge >= 0.3 is 5.97 Å².